The van der Waals surface area contributed by atoms with Crippen molar-refractivity contribution in [3.8, 4) is 0 Å². The molecule has 1 atom stereocenters. The van der Waals surface area contributed by atoms with Gasteiger partial charge in [-0.15, -0.1) is 11.3 Å². The molecule has 1 fully saturated rings. The molecule has 0 aliphatic carbocycles. The van der Waals surface area contributed by atoms with Gasteiger partial charge in [-0.05, 0) is 25.9 Å². The van der Waals surface area contributed by atoms with E-state index in [9.17, 15) is 4.79 Å². The molecule has 5 heteroatoms. The first-order valence-corrected chi connectivity index (χ1v) is 6.89. The zero-order valence-corrected chi connectivity index (χ0v) is 10.9. The van der Waals surface area contributed by atoms with E-state index in [1.54, 1.807) is 17.5 Å². The number of nitrogens with zero attached hydrogens (tertiary/aromatic N) is 2. The summed E-state index contributed by atoms with van der Waals surface area (Å²) in [5, 5.41) is 9.85. The van der Waals surface area contributed by atoms with Gasteiger partial charge in [0.25, 0.3) is 0 Å². The molecule has 1 unspecified atom stereocenters. The summed E-state index contributed by atoms with van der Waals surface area (Å²) in [6.45, 7) is 5.51. The number of carboxylic acid groups (broad SMARTS) is 1. The van der Waals surface area contributed by atoms with Crippen molar-refractivity contribution in [1.82, 2.24) is 9.88 Å². The summed E-state index contributed by atoms with van der Waals surface area (Å²) in [6.07, 6.45) is 4.21. The molecule has 0 saturated carbocycles. The van der Waals surface area contributed by atoms with E-state index < -0.39 is 5.97 Å². The number of carboxylic acids is 1. The maximum Gasteiger partial charge on any atom is 0.308 e. The molecule has 17 heavy (non-hydrogen) atoms. The van der Waals surface area contributed by atoms with Crippen LogP contribution in [0.3, 0.4) is 0 Å². The first kappa shape index (κ1) is 12.5. The first-order chi connectivity index (χ1) is 8.19. The summed E-state index contributed by atoms with van der Waals surface area (Å²) in [5.41, 5.74) is 0. The van der Waals surface area contributed by atoms with Gasteiger partial charge in [0.2, 0.25) is 0 Å². The second-order valence-electron chi connectivity index (χ2n) is 4.47. The second-order valence-corrected chi connectivity index (χ2v) is 5.61. The fourth-order valence-corrected chi connectivity index (χ4v) is 3.32. The smallest absolute Gasteiger partial charge is 0.308 e. The van der Waals surface area contributed by atoms with Crippen molar-refractivity contribution >= 4 is 17.3 Å². The van der Waals surface area contributed by atoms with Crippen LogP contribution in [0.4, 0.5) is 0 Å². The van der Waals surface area contributed by atoms with Gasteiger partial charge in [0.15, 0.2) is 0 Å². The molecule has 1 aromatic rings. The highest BCUT2D eigenvalue weighted by atomic mass is 32.1. The molecular weight excluding hydrogens is 236 g/mol. The number of likely N-dealkylation sites (N-methyl/N-ethyl adjacent to an activating group) is 1. The molecule has 0 aromatic carbocycles. The van der Waals surface area contributed by atoms with Gasteiger partial charge in [-0.25, -0.2) is 4.98 Å². The van der Waals surface area contributed by atoms with Crippen LogP contribution in [0.1, 0.15) is 35.6 Å². The molecule has 4 nitrogen and oxygen atoms in total. The standard InChI is InChI=1S/C12H18N2O2S/c1-2-14-5-3-4-9(8-14)12-13-7-10(17-12)6-11(15)16/h7,9H,2-6,8H2,1H3,(H,15,16). The number of likely N-dealkylation sites (tertiary alicyclic amines) is 1. The summed E-state index contributed by atoms with van der Waals surface area (Å²) in [7, 11) is 0. The van der Waals surface area contributed by atoms with Crippen molar-refractivity contribution in [1.29, 1.82) is 0 Å². The lowest BCUT2D eigenvalue weighted by Gasteiger charge is -2.30. The van der Waals surface area contributed by atoms with E-state index >= 15 is 0 Å². The van der Waals surface area contributed by atoms with Gasteiger partial charge >= 0.3 is 5.97 Å². The summed E-state index contributed by atoms with van der Waals surface area (Å²) in [4.78, 5) is 18.3. The van der Waals surface area contributed by atoms with Gasteiger partial charge < -0.3 is 10.0 Å². The summed E-state index contributed by atoms with van der Waals surface area (Å²) >= 11 is 1.56. The average molecular weight is 254 g/mol. The van der Waals surface area contributed by atoms with Gasteiger partial charge in [-0.3, -0.25) is 4.79 Å². The third kappa shape index (κ3) is 3.26. The fraction of sp³-hybridized carbons (Fsp3) is 0.667. The lowest BCUT2D eigenvalue weighted by molar-refractivity contribution is -0.136. The largest absolute Gasteiger partial charge is 0.481 e. The molecule has 0 spiro atoms. The molecular formula is C12H18N2O2S. The Hall–Kier alpha value is -0.940. The SMILES string of the molecule is CCN1CCCC(c2ncc(CC(=O)O)s2)C1. The van der Waals surface area contributed by atoms with Crippen molar-refractivity contribution in [2.24, 2.45) is 0 Å². The Labute approximate surface area is 105 Å². The van der Waals surface area contributed by atoms with Gasteiger partial charge in [0.05, 0.1) is 11.4 Å². The monoisotopic (exact) mass is 254 g/mol. The highest BCUT2D eigenvalue weighted by Crippen LogP contribution is 2.29. The highest BCUT2D eigenvalue weighted by molar-refractivity contribution is 7.11. The van der Waals surface area contributed by atoms with Crippen LogP contribution in [0.25, 0.3) is 0 Å². The Morgan fingerprint density at radius 3 is 3.24 bits per heavy atom. The summed E-state index contributed by atoms with van der Waals surface area (Å²) in [5.74, 6) is -0.282. The molecule has 1 saturated heterocycles. The Balaban J connectivity index is 2.01. The van der Waals surface area contributed by atoms with Gasteiger partial charge in [-0.1, -0.05) is 6.92 Å². The lowest BCUT2D eigenvalue weighted by atomic mass is 9.99. The maximum absolute atomic E-state index is 10.6. The number of aliphatic carboxylic acids is 1. The van der Waals surface area contributed by atoms with Crippen LogP contribution in [-0.4, -0.2) is 40.6 Å². The van der Waals surface area contributed by atoms with Gasteiger partial charge in [0, 0.05) is 23.5 Å². The Morgan fingerprint density at radius 1 is 1.71 bits per heavy atom. The van der Waals surface area contributed by atoms with Crippen molar-refractivity contribution in [3.63, 3.8) is 0 Å². The van der Waals surface area contributed by atoms with E-state index in [-0.39, 0.29) is 6.42 Å². The van der Waals surface area contributed by atoms with Crippen LogP contribution in [-0.2, 0) is 11.2 Å². The zero-order valence-electron chi connectivity index (χ0n) is 10.1. The predicted octanol–water partition coefficient (Wildman–Crippen LogP) is 1.97. The minimum Gasteiger partial charge on any atom is -0.481 e. The van der Waals surface area contributed by atoms with E-state index in [2.05, 4.69) is 16.8 Å². The summed E-state index contributed by atoms with van der Waals surface area (Å²) < 4.78 is 0. The lowest BCUT2D eigenvalue weighted by Crippen LogP contribution is -2.33. The molecule has 0 bridgehead atoms. The van der Waals surface area contributed by atoms with Gasteiger partial charge in [-0.2, -0.15) is 0 Å². The number of carbonyl (C=O) groups is 1. The second kappa shape index (κ2) is 5.60. The van der Waals surface area contributed by atoms with E-state index in [0.717, 1.165) is 23.0 Å². The molecule has 0 amide bonds. The number of hydrogen-bond acceptors (Lipinski definition) is 4. The Kier molecular flexibility index (Phi) is 4.12. The van der Waals surface area contributed by atoms with Crippen LogP contribution >= 0.6 is 11.3 Å². The maximum atomic E-state index is 10.6. The Bertz CT molecular complexity index is 392. The van der Waals surface area contributed by atoms with Crippen LogP contribution in [0.5, 0.6) is 0 Å². The number of piperidine rings is 1. The number of thiazole rings is 1. The minimum atomic E-state index is -0.779. The van der Waals surface area contributed by atoms with E-state index in [4.69, 9.17) is 5.11 Å². The molecule has 94 valence electrons. The number of rotatable bonds is 4. The summed E-state index contributed by atoms with van der Waals surface area (Å²) in [6, 6.07) is 0. The average Bonchev–Trinajstić information content (AvgIpc) is 2.77. The topological polar surface area (TPSA) is 53.4 Å². The molecule has 0 radical (unpaired) electrons. The van der Waals surface area contributed by atoms with Crippen molar-refractivity contribution in [2.75, 3.05) is 19.6 Å². The third-order valence-electron chi connectivity index (χ3n) is 3.20. The van der Waals surface area contributed by atoms with E-state index in [0.29, 0.717) is 5.92 Å². The van der Waals surface area contributed by atoms with Crippen LogP contribution in [0.2, 0.25) is 0 Å². The van der Waals surface area contributed by atoms with Gasteiger partial charge in [0.1, 0.15) is 0 Å². The van der Waals surface area contributed by atoms with Crippen LogP contribution in [0.15, 0.2) is 6.20 Å². The quantitative estimate of drug-likeness (QED) is 0.892. The fourth-order valence-electron chi connectivity index (χ4n) is 2.29. The third-order valence-corrected chi connectivity index (χ3v) is 4.36. The molecule has 1 aromatic heterocycles. The highest BCUT2D eigenvalue weighted by Gasteiger charge is 2.22. The van der Waals surface area contributed by atoms with Crippen molar-refractivity contribution in [2.45, 2.75) is 32.1 Å². The minimum absolute atomic E-state index is 0.0991. The number of aromatic nitrogens is 1. The first-order valence-electron chi connectivity index (χ1n) is 6.07. The molecule has 2 heterocycles. The molecule has 1 aliphatic heterocycles. The Morgan fingerprint density at radius 2 is 2.53 bits per heavy atom. The van der Waals surface area contributed by atoms with Crippen molar-refractivity contribution < 1.29 is 9.90 Å². The van der Waals surface area contributed by atoms with Crippen LogP contribution in [0, 0.1) is 0 Å². The molecule has 1 aliphatic rings. The molecule has 1 N–H and O–H groups in total. The normalized spacial score (nSPS) is 21.6. The zero-order chi connectivity index (χ0) is 12.3. The van der Waals surface area contributed by atoms with Crippen molar-refractivity contribution in [3.05, 3.63) is 16.1 Å². The number of hydrogen-bond donors (Lipinski definition) is 1. The molecule has 2 rings (SSSR count). The van der Waals surface area contributed by atoms with E-state index in [1.165, 1.54) is 19.4 Å². The van der Waals surface area contributed by atoms with E-state index in [1.807, 2.05) is 0 Å². The van der Waals surface area contributed by atoms with Crippen LogP contribution < -0.4 is 0 Å². The predicted molar refractivity (Wildman–Crippen MR) is 67.5 cm³/mol.